The van der Waals surface area contributed by atoms with Crippen LogP contribution in [0.1, 0.15) is 47.8 Å². The minimum absolute atomic E-state index is 0.113. The molecule has 3 rings (SSSR count). The van der Waals surface area contributed by atoms with E-state index < -0.39 is 0 Å². The van der Waals surface area contributed by atoms with Crippen LogP contribution in [0.5, 0.6) is 0 Å². The molecule has 0 unspecified atom stereocenters. The summed E-state index contributed by atoms with van der Waals surface area (Å²) in [4.78, 5) is 25.1. The molecule has 1 aromatic carbocycles. The van der Waals surface area contributed by atoms with Gasteiger partial charge in [-0.25, -0.2) is 9.97 Å². The van der Waals surface area contributed by atoms with Gasteiger partial charge in [0, 0.05) is 23.4 Å². The van der Waals surface area contributed by atoms with E-state index in [1.54, 1.807) is 0 Å². The lowest BCUT2D eigenvalue weighted by atomic mass is 10.1. The van der Waals surface area contributed by atoms with E-state index in [-0.39, 0.29) is 17.9 Å². The summed E-state index contributed by atoms with van der Waals surface area (Å²) in [7, 11) is 0. The third-order valence-corrected chi connectivity index (χ3v) is 4.51. The van der Waals surface area contributed by atoms with E-state index in [4.69, 9.17) is 10.3 Å². The van der Waals surface area contributed by atoms with Crippen molar-refractivity contribution in [2.24, 2.45) is 0 Å². The number of amides is 1. The van der Waals surface area contributed by atoms with Gasteiger partial charge in [0.25, 0.3) is 0 Å². The van der Waals surface area contributed by atoms with Gasteiger partial charge in [0.2, 0.25) is 23.6 Å². The summed E-state index contributed by atoms with van der Waals surface area (Å²) in [5, 5.41) is 6.91. The molecule has 0 saturated heterocycles. The molecular weight excluding hydrogens is 356 g/mol. The fourth-order valence-corrected chi connectivity index (χ4v) is 3.05. The molecule has 0 aliphatic carbocycles. The molecule has 3 N–H and O–H groups in total. The minimum atomic E-state index is -0.386. The van der Waals surface area contributed by atoms with Gasteiger partial charge in [0.05, 0.1) is 0 Å². The van der Waals surface area contributed by atoms with E-state index in [9.17, 15) is 4.79 Å². The van der Waals surface area contributed by atoms with Crippen LogP contribution in [0.15, 0.2) is 28.8 Å². The van der Waals surface area contributed by atoms with Crippen molar-refractivity contribution < 1.29 is 9.32 Å². The number of nitrogens with one attached hydrogen (secondary N) is 1. The molecule has 0 fully saturated rings. The fourth-order valence-electron chi connectivity index (χ4n) is 3.05. The number of hydrogen-bond acceptors (Lipinski definition) is 7. The molecule has 0 spiro atoms. The molecule has 28 heavy (non-hydrogen) atoms. The highest BCUT2D eigenvalue weighted by atomic mass is 16.5. The van der Waals surface area contributed by atoms with Crippen molar-refractivity contribution in [1.29, 1.82) is 0 Å². The molecule has 0 aliphatic heterocycles. The van der Waals surface area contributed by atoms with Crippen LogP contribution < -0.4 is 11.1 Å². The van der Waals surface area contributed by atoms with Crippen molar-refractivity contribution in [3.63, 3.8) is 0 Å². The first-order chi connectivity index (χ1) is 13.3. The summed E-state index contributed by atoms with van der Waals surface area (Å²) in [6.45, 7) is 7.55. The van der Waals surface area contributed by atoms with Crippen molar-refractivity contribution in [3.8, 4) is 11.4 Å². The Morgan fingerprint density at radius 1 is 1.18 bits per heavy atom. The van der Waals surface area contributed by atoms with Crippen LogP contribution in [0.2, 0.25) is 0 Å². The highest BCUT2D eigenvalue weighted by Gasteiger charge is 2.18. The fraction of sp³-hybridized carbons (Fsp3) is 0.350. The molecule has 0 saturated carbocycles. The summed E-state index contributed by atoms with van der Waals surface area (Å²) in [5.41, 5.74) is 10.2. The van der Waals surface area contributed by atoms with E-state index in [0.717, 1.165) is 28.1 Å². The maximum atomic E-state index is 12.3. The Bertz CT molecular complexity index is 975. The molecule has 2 heterocycles. The van der Waals surface area contributed by atoms with Gasteiger partial charge in [-0.1, -0.05) is 28.9 Å². The Balaban J connectivity index is 1.61. The van der Waals surface area contributed by atoms with Crippen molar-refractivity contribution in [2.75, 3.05) is 5.73 Å². The van der Waals surface area contributed by atoms with E-state index in [1.807, 2.05) is 52.0 Å². The second-order valence-corrected chi connectivity index (χ2v) is 6.85. The molecule has 0 radical (unpaired) electrons. The third kappa shape index (κ3) is 4.51. The van der Waals surface area contributed by atoms with E-state index in [1.165, 1.54) is 0 Å². The Morgan fingerprint density at radius 3 is 2.57 bits per heavy atom. The molecule has 1 amide bonds. The smallest absolute Gasteiger partial charge is 0.249 e. The van der Waals surface area contributed by atoms with Crippen LogP contribution in [0.25, 0.3) is 11.4 Å². The molecule has 0 aliphatic rings. The van der Waals surface area contributed by atoms with Gasteiger partial charge in [-0.2, -0.15) is 4.98 Å². The minimum Gasteiger partial charge on any atom is -0.368 e. The zero-order chi connectivity index (χ0) is 20.3. The van der Waals surface area contributed by atoms with E-state index in [2.05, 4.69) is 25.4 Å². The standard InChI is InChI=1S/C20H24N6O2/c1-11-6-5-7-15(10-11)18-25-19(28-26-18)14(4)22-17(27)9-8-16-12(2)23-20(21)24-13(16)3/h5-7,10,14H,8-9H2,1-4H3,(H,22,27)(H2,21,23,24)/t14-/m0/s1. The quantitative estimate of drug-likeness (QED) is 0.674. The molecule has 0 bridgehead atoms. The third-order valence-electron chi connectivity index (χ3n) is 4.51. The van der Waals surface area contributed by atoms with Crippen LogP contribution in [0.4, 0.5) is 5.95 Å². The van der Waals surface area contributed by atoms with Crippen LogP contribution >= 0.6 is 0 Å². The van der Waals surface area contributed by atoms with Gasteiger partial charge in [0.1, 0.15) is 6.04 Å². The molecule has 3 aromatic rings. The second kappa shape index (κ2) is 8.16. The van der Waals surface area contributed by atoms with E-state index in [0.29, 0.717) is 24.6 Å². The number of nitrogen functional groups attached to an aromatic ring is 1. The summed E-state index contributed by atoms with van der Waals surface area (Å²) in [5.74, 6) is 1.01. The number of benzene rings is 1. The van der Waals surface area contributed by atoms with Gasteiger partial charge in [-0.05, 0) is 45.7 Å². The Labute approximate surface area is 163 Å². The highest BCUT2D eigenvalue weighted by Crippen LogP contribution is 2.20. The van der Waals surface area contributed by atoms with Crippen LogP contribution in [0, 0.1) is 20.8 Å². The number of carbonyl (C=O) groups excluding carboxylic acids is 1. The predicted octanol–water partition coefficient (Wildman–Crippen LogP) is 2.84. The first-order valence-electron chi connectivity index (χ1n) is 9.13. The lowest BCUT2D eigenvalue weighted by molar-refractivity contribution is -0.121. The number of anilines is 1. The number of rotatable bonds is 6. The van der Waals surface area contributed by atoms with Crippen molar-refractivity contribution in [2.45, 2.75) is 46.6 Å². The molecular formula is C20H24N6O2. The Hall–Kier alpha value is -3.29. The van der Waals surface area contributed by atoms with Crippen LogP contribution in [-0.4, -0.2) is 26.0 Å². The zero-order valence-corrected chi connectivity index (χ0v) is 16.5. The zero-order valence-electron chi connectivity index (χ0n) is 16.5. The SMILES string of the molecule is Cc1cccc(-c2noc([C@H](C)NC(=O)CCc3c(C)nc(N)nc3C)n2)c1. The Morgan fingerprint density at radius 2 is 1.89 bits per heavy atom. The lowest BCUT2D eigenvalue weighted by Gasteiger charge is -2.11. The highest BCUT2D eigenvalue weighted by molar-refractivity contribution is 5.76. The second-order valence-electron chi connectivity index (χ2n) is 6.85. The van der Waals surface area contributed by atoms with Gasteiger partial charge in [-0.15, -0.1) is 0 Å². The first-order valence-corrected chi connectivity index (χ1v) is 9.13. The molecule has 8 heteroatoms. The largest absolute Gasteiger partial charge is 0.368 e. The number of carbonyl (C=O) groups is 1. The average Bonchev–Trinajstić information content (AvgIpc) is 3.11. The summed E-state index contributed by atoms with van der Waals surface area (Å²) >= 11 is 0. The summed E-state index contributed by atoms with van der Waals surface area (Å²) in [6, 6.07) is 7.46. The van der Waals surface area contributed by atoms with Crippen LogP contribution in [-0.2, 0) is 11.2 Å². The molecule has 146 valence electrons. The van der Waals surface area contributed by atoms with Crippen molar-refractivity contribution in [3.05, 3.63) is 52.7 Å². The van der Waals surface area contributed by atoms with Gasteiger partial charge >= 0.3 is 0 Å². The molecule has 1 atom stereocenters. The summed E-state index contributed by atoms with van der Waals surface area (Å²) < 4.78 is 5.33. The Kier molecular flexibility index (Phi) is 5.67. The number of hydrogen-bond donors (Lipinski definition) is 2. The maximum absolute atomic E-state index is 12.3. The number of aryl methyl sites for hydroxylation is 3. The van der Waals surface area contributed by atoms with E-state index >= 15 is 0 Å². The lowest BCUT2D eigenvalue weighted by Crippen LogP contribution is -2.27. The van der Waals surface area contributed by atoms with Gasteiger partial charge < -0.3 is 15.6 Å². The average molecular weight is 380 g/mol. The topological polar surface area (TPSA) is 120 Å². The normalized spacial score (nSPS) is 12.0. The van der Waals surface area contributed by atoms with Gasteiger partial charge in [-0.3, -0.25) is 4.79 Å². The van der Waals surface area contributed by atoms with Gasteiger partial charge in [0.15, 0.2) is 0 Å². The van der Waals surface area contributed by atoms with Crippen molar-refractivity contribution >= 4 is 11.9 Å². The van der Waals surface area contributed by atoms with Crippen molar-refractivity contribution in [1.82, 2.24) is 25.4 Å². The number of nitrogens with zero attached hydrogens (tertiary/aromatic N) is 4. The molecule has 2 aromatic heterocycles. The molecule has 8 nitrogen and oxygen atoms in total. The first kappa shape index (κ1) is 19.5. The monoisotopic (exact) mass is 380 g/mol. The number of aromatic nitrogens is 4. The summed E-state index contributed by atoms with van der Waals surface area (Å²) in [6.07, 6.45) is 0.840. The predicted molar refractivity (Wildman–Crippen MR) is 105 cm³/mol. The number of nitrogens with two attached hydrogens (primary N) is 1. The van der Waals surface area contributed by atoms with Crippen LogP contribution in [0.3, 0.4) is 0 Å². The maximum Gasteiger partial charge on any atom is 0.249 e.